The largest absolute Gasteiger partial charge is 0.368 e. The van der Waals surface area contributed by atoms with Crippen molar-refractivity contribution in [2.75, 3.05) is 38.7 Å². The maximum atomic E-state index is 12.7. The highest BCUT2D eigenvalue weighted by Gasteiger charge is 2.28. The third-order valence-electron chi connectivity index (χ3n) is 4.17. The molecule has 1 fully saturated rings. The van der Waals surface area contributed by atoms with Gasteiger partial charge in [0.2, 0.25) is 0 Å². The van der Waals surface area contributed by atoms with Crippen molar-refractivity contribution in [2.45, 2.75) is 25.9 Å². The van der Waals surface area contributed by atoms with E-state index in [1.54, 1.807) is 11.0 Å². The highest BCUT2D eigenvalue weighted by molar-refractivity contribution is 5.92. The molecule has 134 valence electrons. The SMILES string of the molecule is CCCc1cc(C(=O)N2CCO[C@H](c3cccc(N(C)C)n3)C2)no1. The maximum absolute atomic E-state index is 12.7. The normalized spacial score (nSPS) is 17.6. The fourth-order valence-corrected chi connectivity index (χ4v) is 2.82. The fraction of sp³-hybridized carbons (Fsp3) is 0.500. The Morgan fingerprint density at radius 1 is 1.40 bits per heavy atom. The zero-order valence-corrected chi connectivity index (χ0v) is 14.9. The molecular weight excluding hydrogens is 320 g/mol. The summed E-state index contributed by atoms with van der Waals surface area (Å²) in [6.45, 7) is 3.53. The lowest BCUT2D eigenvalue weighted by Crippen LogP contribution is -2.42. The summed E-state index contributed by atoms with van der Waals surface area (Å²) in [5.41, 5.74) is 1.19. The summed E-state index contributed by atoms with van der Waals surface area (Å²) in [6, 6.07) is 7.57. The molecule has 2 aromatic rings. The van der Waals surface area contributed by atoms with Crippen molar-refractivity contribution in [2.24, 2.45) is 0 Å². The van der Waals surface area contributed by atoms with Crippen LogP contribution in [0.3, 0.4) is 0 Å². The van der Waals surface area contributed by atoms with Crippen LogP contribution in [0.4, 0.5) is 5.82 Å². The number of aryl methyl sites for hydroxylation is 1. The third kappa shape index (κ3) is 3.99. The molecule has 2 aromatic heterocycles. The first-order valence-electron chi connectivity index (χ1n) is 8.59. The molecule has 1 amide bonds. The molecule has 0 N–H and O–H groups in total. The number of morpholine rings is 1. The first kappa shape index (κ1) is 17.4. The number of rotatable bonds is 5. The highest BCUT2D eigenvalue weighted by Crippen LogP contribution is 2.23. The minimum atomic E-state index is -0.236. The molecule has 0 aromatic carbocycles. The van der Waals surface area contributed by atoms with Gasteiger partial charge in [0.05, 0.1) is 18.8 Å². The number of ether oxygens (including phenoxy) is 1. The number of anilines is 1. The number of amides is 1. The van der Waals surface area contributed by atoms with Crippen LogP contribution in [-0.4, -0.2) is 54.7 Å². The summed E-state index contributed by atoms with van der Waals surface area (Å²) < 4.78 is 11.1. The Balaban J connectivity index is 1.72. The monoisotopic (exact) mass is 344 g/mol. The molecule has 0 unspecified atom stereocenters. The van der Waals surface area contributed by atoms with Gasteiger partial charge in [0.25, 0.3) is 5.91 Å². The number of aromatic nitrogens is 2. The fourth-order valence-electron chi connectivity index (χ4n) is 2.82. The summed E-state index contributed by atoms with van der Waals surface area (Å²) in [5.74, 6) is 1.49. The molecule has 3 rings (SSSR count). The Morgan fingerprint density at radius 3 is 3.00 bits per heavy atom. The van der Waals surface area contributed by atoms with E-state index in [0.717, 1.165) is 30.1 Å². The zero-order chi connectivity index (χ0) is 17.8. The lowest BCUT2D eigenvalue weighted by Gasteiger charge is -2.32. The Bertz CT molecular complexity index is 729. The number of nitrogens with zero attached hydrogens (tertiary/aromatic N) is 4. The topological polar surface area (TPSA) is 71.7 Å². The Kier molecular flexibility index (Phi) is 5.33. The zero-order valence-electron chi connectivity index (χ0n) is 14.9. The van der Waals surface area contributed by atoms with Crippen LogP contribution in [-0.2, 0) is 11.2 Å². The van der Waals surface area contributed by atoms with Crippen molar-refractivity contribution >= 4 is 11.7 Å². The predicted octanol–water partition coefficient (Wildman–Crippen LogP) is 2.30. The molecule has 1 aliphatic rings. The third-order valence-corrected chi connectivity index (χ3v) is 4.17. The van der Waals surface area contributed by atoms with Crippen molar-refractivity contribution in [1.29, 1.82) is 0 Å². The van der Waals surface area contributed by atoms with Crippen LogP contribution in [0.1, 0.15) is 41.4 Å². The van der Waals surface area contributed by atoms with Gasteiger partial charge < -0.3 is 19.1 Å². The number of hydrogen-bond acceptors (Lipinski definition) is 6. The molecule has 0 spiro atoms. The van der Waals surface area contributed by atoms with Crippen LogP contribution in [0.2, 0.25) is 0 Å². The van der Waals surface area contributed by atoms with E-state index in [4.69, 9.17) is 9.26 Å². The van der Waals surface area contributed by atoms with E-state index < -0.39 is 0 Å². The number of hydrogen-bond donors (Lipinski definition) is 0. The summed E-state index contributed by atoms with van der Waals surface area (Å²) in [6.07, 6.45) is 1.50. The standard InChI is InChI=1S/C18H24N4O3/c1-4-6-13-11-15(20-25-13)18(23)22-9-10-24-16(12-22)14-7-5-8-17(19-14)21(2)3/h5,7-8,11,16H,4,6,9-10,12H2,1-3H3/t16-/m0/s1. The Labute approximate surface area is 147 Å². The molecule has 25 heavy (non-hydrogen) atoms. The van der Waals surface area contributed by atoms with Gasteiger partial charge in [-0.05, 0) is 18.6 Å². The summed E-state index contributed by atoms with van der Waals surface area (Å²) in [4.78, 5) is 21.0. The van der Waals surface area contributed by atoms with Crippen molar-refractivity contribution in [3.63, 3.8) is 0 Å². The van der Waals surface area contributed by atoms with Gasteiger partial charge in [-0.2, -0.15) is 0 Å². The van der Waals surface area contributed by atoms with E-state index in [1.807, 2.05) is 37.2 Å². The van der Waals surface area contributed by atoms with Gasteiger partial charge in [0.15, 0.2) is 5.69 Å². The van der Waals surface area contributed by atoms with E-state index >= 15 is 0 Å². The number of pyridine rings is 1. The lowest BCUT2D eigenvalue weighted by molar-refractivity contribution is -0.0249. The minimum Gasteiger partial charge on any atom is -0.368 e. The van der Waals surface area contributed by atoms with Gasteiger partial charge in [-0.3, -0.25) is 4.79 Å². The minimum absolute atomic E-state index is 0.122. The Hall–Kier alpha value is -2.41. The van der Waals surface area contributed by atoms with Crippen LogP contribution in [0.15, 0.2) is 28.8 Å². The van der Waals surface area contributed by atoms with E-state index in [-0.39, 0.29) is 12.0 Å². The molecule has 0 radical (unpaired) electrons. The molecule has 1 atom stereocenters. The van der Waals surface area contributed by atoms with E-state index in [1.165, 1.54) is 0 Å². The van der Waals surface area contributed by atoms with Crippen molar-refractivity contribution in [1.82, 2.24) is 15.0 Å². The average Bonchev–Trinajstić information content (AvgIpc) is 3.10. The first-order chi connectivity index (χ1) is 12.1. The molecule has 7 nitrogen and oxygen atoms in total. The molecule has 0 aliphatic carbocycles. The summed E-state index contributed by atoms with van der Waals surface area (Å²) >= 11 is 0. The van der Waals surface area contributed by atoms with Gasteiger partial charge in [-0.15, -0.1) is 0 Å². The molecule has 0 bridgehead atoms. The second kappa shape index (κ2) is 7.65. The maximum Gasteiger partial charge on any atom is 0.276 e. The highest BCUT2D eigenvalue weighted by atomic mass is 16.5. The second-order valence-corrected chi connectivity index (χ2v) is 6.35. The number of carbonyl (C=O) groups excluding carboxylic acids is 1. The Morgan fingerprint density at radius 2 is 2.24 bits per heavy atom. The van der Waals surface area contributed by atoms with Crippen molar-refractivity contribution in [3.8, 4) is 0 Å². The van der Waals surface area contributed by atoms with Crippen LogP contribution < -0.4 is 4.90 Å². The molecule has 0 saturated carbocycles. The van der Waals surface area contributed by atoms with Gasteiger partial charge in [0, 0.05) is 33.1 Å². The first-order valence-corrected chi connectivity index (χ1v) is 8.59. The number of carbonyl (C=O) groups is 1. The van der Waals surface area contributed by atoms with Gasteiger partial charge in [-0.25, -0.2) is 4.98 Å². The van der Waals surface area contributed by atoms with Crippen molar-refractivity contribution < 1.29 is 14.1 Å². The van der Waals surface area contributed by atoms with E-state index in [0.29, 0.717) is 25.4 Å². The summed E-state index contributed by atoms with van der Waals surface area (Å²) in [7, 11) is 3.89. The second-order valence-electron chi connectivity index (χ2n) is 6.35. The molecule has 7 heteroatoms. The smallest absolute Gasteiger partial charge is 0.276 e. The van der Waals surface area contributed by atoms with Crippen LogP contribution in [0, 0.1) is 0 Å². The average molecular weight is 344 g/mol. The molecule has 3 heterocycles. The van der Waals surface area contributed by atoms with Crippen LogP contribution in [0.5, 0.6) is 0 Å². The van der Waals surface area contributed by atoms with Gasteiger partial charge in [0.1, 0.15) is 17.7 Å². The summed E-state index contributed by atoms with van der Waals surface area (Å²) in [5, 5.41) is 3.92. The van der Waals surface area contributed by atoms with Gasteiger partial charge in [-0.1, -0.05) is 18.1 Å². The van der Waals surface area contributed by atoms with Crippen LogP contribution >= 0.6 is 0 Å². The van der Waals surface area contributed by atoms with Crippen LogP contribution in [0.25, 0.3) is 0 Å². The lowest BCUT2D eigenvalue weighted by atomic mass is 10.1. The molecule has 1 saturated heterocycles. The predicted molar refractivity (Wildman–Crippen MR) is 93.7 cm³/mol. The quantitative estimate of drug-likeness (QED) is 0.829. The van der Waals surface area contributed by atoms with E-state index in [2.05, 4.69) is 17.1 Å². The molecule has 1 aliphatic heterocycles. The molecular formula is C18H24N4O3. The van der Waals surface area contributed by atoms with Crippen molar-refractivity contribution in [3.05, 3.63) is 41.4 Å². The van der Waals surface area contributed by atoms with Gasteiger partial charge >= 0.3 is 0 Å². The van der Waals surface area contributed by atoms with E-state index in [9.17, 15) is 4.79 Å².